The van der Waals surface area contributed by atoms with Crippen molar-refractivity contribution in [3.05, 3.63) is 23.9 Å². The fourth-order valence-corrected chi connectivity index (χ4v) is 1.05. The molecule has 0 aliphatic carbocycles. The van der Waals surface area contributed by atoms with Crippen molar-refractivity contribution in [2.75, 3.05) is 12.0 Å². The number of aromatic nitrogens is 1. The van der Waals surface area contributed by atoms with Crippen LogP contribution in [0.25, 0.3) is 0 Å². The maximum Gasteiger partial charge on any atom is 0.390 e. The maximum absolute atomic E-state index is 11.8. The number of alkyl halides is 3. The van der Waals surface area contributed by atoms with Crippen molar-refractivity contribution in [2.24, 2.45) is 5.84 Å². The fourth-order valence-electron chi connectivity index (χ4n) is 1.05. The summed E-state index contributed by atoms with van der Waals surface area (Å²) in [7, 11) is 0. The first-order chi connectivity index (χ1) is 7.92. The molecule has 1 rings (SSSR count). The first kappa shape index (κ1) is 13.2. The number of hydrazine groups is 1. The van der Waals surface area contributed by atoms with Crippen LogP contribution in [0, 0.1) is 0 Å². The Morgan fingerprint density at radius 2 is 2.12 bits per heavy atom. The van der Waals surface area contributed by atoms with E-state index in [1.807, 2.05) is 0 Å². The summed E-state index contributed by atoms with van der Waals surface area (Å²) in [5, 5.41) is 2.12. The standard InChI is InChI=1S/C9H11F3N4O/c10-9(11,12)4-5-14-8(17)6-2-1-3-7(15-6)16-13/h1-3H,4-5,13H2,(H,14,17)(H,15,16). The number of carbonyl (C=O) groups is 1. The average molecular weight is 248 g/mol. The van der Waals surface area contributed by atoms with Crippen molar-refractivity contribution in [1.29, 1.82) is 0 Å². The largest absolute Gasteiger partial charge is 0.390 e. The highest BCUT2D eigenvalue weighted by Gasteiger charge is 2.26. The van der Waals surface area contributed by atoms with Gasteiger partial charge in [0.1, 0.15) is 11.5 Å². The number of nitrogen functional groups attached to an aromatic ring is 1. The summed E-state index contributed by atoms with van der Waals surface area (Å²) in [5.41, 5.74) is 2.23. The Morgan fingerprint density at radius 1 is 1.41 bits per heavy atom. The Balaban J connectivity index is 2.52. The molecule has 0 saturated carbocycles. The Labute approximate surface area is 95.2 Å². The molecule has 1 aromatic rings. The van der Waals surface area contributed by atoms with Gasteiger partial charge in [-0.25, -0.2) is 10.8 Å². The lowest BCUT2D eigenvalue weighted by Crippen LogP contribution is -2.28. The van der Waals surface area contributed by atoms with E-state index in [9.17, 15) is 18.0 Å². The lowest BCUT2D eigenvalue weighted by atomic mass is 10.3. The van der Waals surface area contributed by atoms with Crippen molar-refractivity contribution in [3.8, 4) is 0 Å². The molecule has 0 saturated heterocycles. The number of halogens is 3. The summed E-state index contributed by atoms with van der Waals surface area (Å²) in [6.07, 6.45) is -5.37. The van der Waals surface area contributed by atoms with E-state index in [-0.39, 0.29) is 11.5 Å². The summed E-state index contributed by atoms with van der Waals surface area (Å²) in [6.45, 7) is -0.482. The number of anilines is 1. The van der Waals surface area contributed by atoms with Gasteiger partial charge in [-0.2, -0.15) is 13.2 Å². The van der Waals surface area contributed by atoms with Gasteiger partial charge >= 0.3 is 6.18 Å². The van der Waals surface area contributed by atoms with Gasteiger partial charge in [0.05, 0.1) is 6.42 Å². The second kappa shape index (κ2) is 5.48. The highest BCUT2D eigenvalue weighted by Crippen LogP contribution is 2.18. The first-order valence-electron chi connectivity index (χ1n) is 4.71. The van der Waals surface area contributed by atoms with Crippen LogP contribution in [0.5, 0.6) is 0 Å². The average Bonchev–Trinajstić information content (AvgIpc) is 2.27. The molecule has 94 valence electrons. The van der Waals surface area contributed by atoms with Crippen LogP contribution < -0.4 is 16.6 Å². The number of nitrogens with one attached hydrogen (secondary N) is 2. The molecule has 1 heterocycles. The maximum atomic E-state index is 11.8. The Kier molecular flexibility index (Phi) is 4.27. The van der Waals surface area contributed by atoms with Crippen LogP contribution in [0.4, 0.5) is 19.0 Å². The molecule has 0 fully saturated rings. The SMILES string of the molecule is NNc1cccc(C(=O)NCCC(F)(F)F)n1. The van der Waals surface area contributed by atoms with Gasteiger partial charge in [0, 0.05) is 6.54 Å². The van der Waals surface area contributed by atoms with Crippen LogP contribution >= 0.6 is 0 Å². The molecule has 1 amide bonds. The zero-order valence-electron chi connectivity index (χ0n) is 8.71. The Hall–Kier alpha value is -1.83. The molecular weight excluding hydrogens is 237 g/mol. The van der Waals surface area contributed by atoms with Crippen LogP contribution in [0.1, 0.15) is 16.9 Å². The lowest BCUT2D eigenvalue weighted by Gasteiger charge is -2.08. The molecule has 1 aromatic heterocycles. The molecule has 0 aliphatic heterocycles. The third kappa shape index (κ3) is 4.68. The van der Waals surface area contributed by atoms with Gasteiger partial charge in [-0.05, 0) is 12.1 Å². The number of rotatable bonds is 4. The number of pyridine rings is 1. The molecule has 0 radical (unpaired) electrons. The van der Waals surface area contributed by atoms with Crippen molar-refractivity contribution < 1.29 is 18.0 Å². The molecule has 0 aromatic carbocycles. The Morgan fingerprint density at radius 3 is 2.71 bits per heavy atom. The topological polar surface area (TPSA) is 80.0 Å². The monoisotopic (exact) mass is 248 g/mol. The predicted molar refractivity (Wildman–Crippen MR) is 55.1 cm³/mol. The van der Waals surface area contributed by atoms with Crippen molar-refractivity contribution in [1.82, 2.24) is 10.3 Å². The number of nitrogens with zero attached hydrogens (tertiary/aromatic N) is 1. The molecular formula is C9H11F3N4O. The van der Waals surface area contributed by atoms with Crippen LogP contribution in [-0.2, 0) is 0 Å². The Bertz CT molecular complexity index is 394. The van der Waals surface area contributed by atoms with E-state index in [0.29, 0.717) is 0 Å². The van der Waals surface area contributed by atoms with Crippen molar-refractivity contribution in [2.45, 2.75) is 12.6 Å². The van der Waals surface area contributed by atoms with Crippen LogP contribution in [0.2, 0.25) is 0 Å². The summed E-state index contributed by atoms with van der Waals surface area (Å²) in [5.74, 6) is 4.67. The quantitative estimate of drug-likeness (QED) is 0.549. The van der Waals surface area contributed by atoms with E-state index in [1.165, 1.54) is 18.2 Å². The molecule has 8 heteroatoms. The molecule has 0 bridgehead atoms. The van der Waals surface area contributed by atoms with E-state index in [0.717, 1.165) is 0 Å². The summed E-state index contributed by atoms with van der Waals surface area (Å²) in [6, 6.07) is 4.41. The molecule has 0 unspecified atom stereocenters. The van der Waals surface area contributed by atoms with Gasteiger partial charge in [-0.3, -0.25) is 4.79 Å². The minimum absolute atomic E-state index is 0.00243. The number of amides is 1. The third-order valence-corrected chi connectivity index (χ3v) is 1.82. The van der Waals surface area contributed by atoms with Crippen molar-refractivity contribution >= 4 is 11.7 Å². The number of nitrogens with two attached hydrogens (primary N) is 1. The van der Waals surface area contributed by atoms with E-state index < -0.39 is 25.0 Å². The number of hydrogen-bond donors (Lipinski definition) is 3. The molecule has 0 spiro atoms. The van der Waals surface area contributed by atoms with Gasteiger partial charge in [-0.1, -0.05) is 6.07 Å². The predicted octanol–water partition coefficient (Wildman–Crippen LogP) is 1.05. The number of carbonyl (C=O) groups excluding carboxylic acids is 1. The molecule has 0 aliphatic rings. The van der Waals surface area contributed by atoms with Gasteiger partial charge in [0.2, 0.25) is 0 Å². The minimum atomic E-state index is -4.29. The van der Waals surface area contributed by atoms with Gasteiger partial charge in [0.15, 0.2) is 0 Å². The van der Waals surface area contributed by atoms with Gasteiger partial charge in [-0.15, -0.1) is 0 Å². The molecule has 0 atom stereocenters. The molecule has 17 heavy (non-hydrogen) atoms. The van der Waals surface area contributed by atoms with Gasteiger partial charge < -0.3 is 10.7 Å². The van der Waals surface area contributed by atoms with E-state index >= 15 is 0 Å². The highest BCUT2D eigenvalue weighted by atomic mass is 19.4. The fraction of sp³-hybridized carbons (Fsp3) is 0.333. The summed E-state index contributed by atoms with van der Waals surface area (Å²) in [4.78, 5) is 15.2. The van der Waals surface area contributed by atoms with Crippen molar-refractivity contribution in [3.63, 3.8) is 0 Å². The second-order valence-electron chi connectivity index (χ2n) is 3.17. The van der Waals surface area contributed by atoms with Crippen LogP contribution in [0.15, 0.2) is 18.2 Å². The smallest absolute Gasteiger partial charge is 0.350 e. The zero-order valence-corrected chi connectivity index (χ0v) is 8.71. The first-order valence-corrected chi connectivity index (χ1v) is 4.71. The summed E-state index contributed by atoms with van der Waals surface area (Å²) >= 11 is 0. The van der Waals surface area contributed by atoms with Gasteiger partial charge in [0.25, 0.3) is 5.91 Å². The molecule has 5 nitrogen and oxygen atoms in total. The highest BCUT2D eigenvalue weighted by molar-refractivity contribution is 5.92. The van der Waals surface area contributed by atoms with Crippen LogP contribution in [0.3, 0.4) is 0 Å². The van der Waals surface area contributed by atoms with E-state index in [4.69, 9.17) is 5.84 Å². The molecule has 4 N–H and O–H groups in total. The second-order valence-corrected chi connectivity index (χ2v) is 3.17. The third-order valence-electron chi connectivity index (χ3n) is 1.82. The van der Waals surface area contributed by atoms with E-state index in [2.05, 4.69) is 15.7 Å². The zero-order chi connectivity index (χ0) is 12.9. The minimum Gasteiger partial charge on any atom is -0.350 e. The lowest BCUT2D eigenvalue weighted by molar-refractivity contribution is -0.132. The number of hydrogen-bond acceptors (Lipinski definition) is 4. The van der Waals surface area contributed by atoms with E-state index in [1.54, 1.807) is 0 Å². The normalized spacial score (nSPS) is 11.1. The summed E-state index contributed by atoms with van der Waals surface area (Å²) < 4.78 is 35.5. The van der Waals surface area contributed by atoms with Crippen LogP contribution in [-0.4, -0.2) is 23.6 Å².